The highest BCUT2D eigenvalue weighted by Gasteiger charge is 2.42. The monoisotopic (exact) mass is 268 g/mol. The molecule has 3 nitrogen and oxygen atoms in total. The second kappa shape index (κ2) is 4.07. The molecule has 0 radical (unpaired) electrons. The van der Waals surface area contributed by atoms with Crippen LogP contribution in [0.25, 0.3) is 0 Å². The van der Waals surface area contributed by atoms with E-state index < -0.39 is 20.9 Å². The second-order valence-electron chi connectivity index (χ2n) is 6.06. The third kappa shape index (κ3) is 2.93. The molecule has 0 aliphatic heterocycles. The molecule has 18 heavy (non-hydrogen) atoms. The van der Waals surface area contributed by atoms with Crippen molar-refractivity contribution in [1.29, 1.82) is 0 Å². The lowest BCUT2D eigenvalue weighted by atomic mass is 9.86. The van der Waals surface area contributed by atoms with Gasteiger partial charge in [-0.25, -0.2) is 8.42 Å². The Labute approximate surface area is 109 Å². The minimum Gasteiger partial charge on any atom is -0.385 e. The van der Waals surface area contributed by atoms with Crippen LogP contribution in [0.3, 0.4) is 0 Å². The number of hydrogen-bond acceptors (Lipinski definition) is 3. The maximum absolute atomic E-state index is 11.4. The summed E-state index contributed by atoms with van der Waals surface area (Å²) in [5.41, 5.74) is 0.889. The molecule has 1 saturated carbocycles. The van der Waals surface area contributed by atoms with Crippen molar-refractivity contribution >= 4 is 9.84 Å². The summed E-state index contributed by atoms with van der Waals surface area (Å²) in [5, 5.41) is 9.98. The molecular weight excluding hydrogens is 248 g/mol. The van der Waals surface area contributed by atoms with E-state index in [1.165, 1.54) is 6.26 Å². The number of sulfone groups is 1. The zero-order chi connectivity index (χ0) is 13.6. The van der Waals surface area contributed by atoms with Crippen LogP contribution in [0.2, 0.25) is 0 Å². The van der Waals surface area contributed by atoms with Gasteiger partial charge in [-0.1, -0.05) is 38.1 Å². The molecule has 0 amide bonds. The van der Waals surface area contributed by atoms with E-state index in [1.54, 1.807) is 0 Å². The van der Waals surface area contributed by atoms with E-state index >= 15 is 0 Å². The number of benzene rings is 1. The predicted octanol–water partition coefficient (Wildman–Crippen LogP) is 1.99. The molecule has 100 valence electrons. The molecule has 0 bridgehead atoms. The molecule has 0 spiro atoms. The summed E-state index contributed by atoms with van der Waals surface area (Å²) < 4.78 is 22.8. The van der Waals surface area contributed by atoms with Crippen LogP contribution in [0.5, 0.6) is 0 Å². The molecule has 1 aromatic carbocycles. The molecule has 1 fully saturated rings. The van der Waals surface area contributed by atoms with Crippen molar-refractivity contribution in [3.05, 3.63) is 35.4 Å². The van der Waals surface area contributed by atoms with Gasteiger partial charge in [-0.05, 0) is 24.0 Å². The predicted molar refractivity (Wildman–Crippen MR) is 72.3 cm³/mol. The topological polar surface area (TPSA) is 54.4 Å². The van der Waals surface area contributed by atoms with Gasteiger partial charge >= 0.3 is 0 Å². The maximum Gasteiger partial charge on any atom is 0.148 e. The third-order valence-corrected chi connectivity index (χ3v) is 4.80. The Bertz CT molecular complexity index is 537. The van der Waals surface area contributed by atoms with E-state index in [0.29, 0.717) is 0 Å². The molecule has 0 atom stereocenters. The SMILES string of the molecule is CC(C)(CS(C)(=O)=O)c1ccc(C2(O)CC2)cc1. The van der Waals surface area contributed by atoms with Gasteiger partial charge in [-0.15, -0.1) is 0 Å². The molecule has 1 aliphatic carbocycles. The van der Waals surface area contributed by atoms with E-state index in [1.807, 2.05) is 38.1 Å². The third-order valence-electron chi connectivity index (χ3n) is 3.55. The standard InChI is InChI=1S/C14H20O3S/c1-13(2,10-18(3,16)17)11-4-6-12(7-5-11)14(15)8-9-14/h4-7,15H,8-10H2,1-3H3. The summed E-state index contributed by atoms with van der Waals surface area (Å²) in [6.45, 7) is 3.85. The summed E-state index contributed by atoms with van der Waals surface area (Å²) in [5.74, 6) is 0.129. The Morgan fingerprint density at radius 2 is 1.72 bits per heavy atom. The van der Waals surface area contributed by atoms with Crippen LogP contribution < -0.4 is 0 Å². The van der Waals surface area contributed by atoms with E-state index in [0.717, 1.165) is 24.0 Å². The quantitative estimate of drug-likeness (QED) is 0.908. The van der Waals surface area contributed by atoms with Crippen LogP contribution in [0.1, 0.15) is 37.8 Å². The Kier molecular flexibility index (Phi) is 3.06. The molecule has 4 heteroatoms. The lowest BCUT2D eigenvalue weighted by Gasteiger charge is -2.24. The van der Waals surface area contributed by atoms with Crippen LogP contribution in [-0.2, 0) is 20.9 Å². The van der Waals surface area contributed by atoms with Crippen LogP contribution >= 0.6 is 0 Å². The Hall–Kier alpha value is -0.870. The largest absolute Gasteiger partial charge is 0.385 e. The molecule has 0 unspecified atom stereocenters. The van der Waals surface area contributed by atoms with Gasteiger partial charge in [0.05, 0.1) is 11.4 Å². The van der Waals surface area contributed by atoms with Crippen molar-refractivity contribution in [2.75, 3.05) is 12.0 Å². The van der Waals surface area contributed by atoms with E-state index in [4.69, 9.17) is 0 Å². The Morgan fingerprint density at radius 1 is 1.22 bits per heavy atom. The first-order chi connectivity index (χ1) is 8.12. The molecule has 1 aromatic rings. The van der Waals surface area contributed by atoms with Crippen LogP contribution in [0, 0.1) is 0 Å². The summed E-state index contributed by atoms with van der Waals surface area (Å²) in [6, 6.07) is 7.67. The van der Waals surface area contributed by atoms with Crippen molar-refractivity contribution in [3.63, 3.8) is 0 Å². The van der Waals surface area contributed by atoms with Crippen molar-refractivity contribution in [1.82, 2.24) is 0 Å². The Balaban J connectivity index is 2.23. The van der Waals surface area contributed by atoms with Gasteiger partial charge in [0.2, 0.25) is 0 Å². The number of hydrogen-bond donors (Lipinski definition) is 1. The van der Waals surface area contributed by atoms with Crippen LogP contribution in [0.15, 0.2) is 24.3 Å². The lowest BCUT2D eigenvalue weighted by Crippen LogP contribution is -2.27. The molecule has 0 aromatic heterocycles. The molecule has 1 N–H and O–H groups in total. The van der Waals surface area contributed by atoms with Crippen molar-refractivity contribution in [3.8, 4) is 0 Å². The minimum absolute atomic E-state index is 0.129. The molecule has 0 saturated heterocycles. The average molecular weight is 268 g/mol. The fraction of sp³-hybridized carbons (Fsp3) is 0.571. The van der Waals surface area contributed by atoms with Gasteiger partial charge < -0.3 is 5.11 Å². The molecule has 2 rings (SSSR count). The fourth-order valence-corrected chi connectivity index (χ4v) is 3.86. The highest BCUT2D eigenvalue weighted by atomic mass is 32.2. The van der Waals surface area contributed by atoms with Crippen molar-refractivity contribution in [2.24, 2.45) is 0 Å². The first-order valence-corrected chi connectivity index (χ1v) is 8.20. The van der Waals surface area contributed by atoms with E-state index in [2.05, 4.69) is 0 Å². The summed E-state index contributed by atoms with van der Waals surface area (Å²) in [6.07, 6.45) is 2.90. The summed E-state index contributed by atoms with van der Waals surface area (Å²) in [4.78, 5) is 0. The summed E-state index contributed by atoms with van der Waals surface area (Å²) >= 11 is 0. The van der Waals surface area contributed by atoms with E-state index in [9.17, 15) is 13.5 Å². The molecular formula is C14H20O3S. The smallest absolute Gasteiger partial charge is 0.148 e. The summed E-state index contributed by atoms with van der Waals surface area (Å²) in [7, 11) is -3.01. The Morgan fingerprint density at radius 3 is 2.11 bits per heavy atom. The highest BCUT2D eigenvalue weighted by molar-refractivity contribution is 7.90. The van der Waals surface area contributed by atoms with E-state index in [-0.39, 0.29) is 5.75 Å². The molecule has 0 heterocycles. The normalized spacial score (nSPS) is 18.7. The average Bonchev–Trinajstić information content (AvgIpc) is 2.95. The van der Waals surface area contributed by atoms with Crippen LogP contribution in [0.4, 0.5) is 0 Å². The van der Waals surface area contributed by atoms with Gasteiger partial charge in [0.25, 0.3) is 0 Å². The second-order valence-corrected chi connectivity index (χ2v) is 8.20. The van der Waals surface area contributed by atoms with Crippen LogP contribution in [-0.4, -0.2) is 25.5 Å². The number of aliphatic hydroxyl groups is 1. The first-order valence-electron chi connectivity index (χ1n) is 6.14. The zero-order valence-electron chi connectivity index (χ0n) is 11.1. The highest BCUT2D eigenvalue weighted by Crippen LogP contribution is 2.45. The minimum atomic E-state index is -3.01. The van der Waals surface area contributed by atoms with Gasteiger partial charge in [-0.2, -0.15) is 0 Å². The zero-order valence-corrected chi connectivity index (χ0v) is 11.9. The van der Waals surface area contributed by atoms with Gasteiger partial charge in [0.15, 0.2) is 0 Å². The maximum atomic E-state index is 11.4. The number of rotatable bonds is 4. The fourth-order valence-electron chi connectivity index (χ4n) is 2.38. The van der Waals surface area contributed by atoms with Gasteiger partial charge in [0, 0.05) is 11.7 Å². The van der Waals surface area contributed by atoms with Gasteiger partial charge in [-0.3, -0.25) is 0 Å². The lowest BCUT2D eigenvalue weighted by molar-refractivity contribution is 0.151. The van der Waals surface area contributed by atoms with Crippen molar-refractivity contribution in [2.45, 2.75) is 37.7 Å². The first kappa shape index (κ1) is 13.6. The van der Waals surface area contributed by atoms with Crippen molar-refractivity contribution < 1.29 is 13.5 Å². The van der Waals surface area contributed by atoms with Gasteiger partial charge in [0.1, 0.15) is 9.84 Å². The molecule has 1 aliphatic rings.